The highest BCUT2D eigenvalue weighted by atomic mass is 79.9. The van der Waals surface area contributed by atoms with Gasteiger partial charge in [0, 0.05) is 5.71 Å². The van der Waals surface area contributed by atoms with Crippen LogP contribution in [0.15, 0.2) is 22.7 Å². The maximum Gasteiger partial charge on any atom is 0.133 e. The van der Waals surface area contributed by atoms with Crippen molar-refractivity contribution in [3.05, 3.63) is 28.2 Å². The van der Waals surface area contributed by atoms with Crippen LogP contribution < -0.4 is 4.74 Å². The molecule has 1 N–H and O–H groups in total. The Balaban J connectivity index is 2.52. The minimum Gasteiger partial charge on any atom is -0.490 e. The van der Waals surface area contributed by atoms with E-state index < -0.39 is 6.67 Å². The first kappa shape index (κ1) is 14.2. The van der Waals surface area contributed by atoms with Gasteiger partial charge in [0.1, 0.15) is 19.0 Å². The van der Waals surface area contributed by atoms with Crippen molar-refractivity contribution >= 4 is 21.6 Å². The van der Waals surface area contributed by atoms with Gasteiger partial charge in [-0.2, -0.15) is 0 Å². The summed E-state index contributed by atoms with van der Waals surface area (Å²) in [5.41, 5.74) is 1.91. The fraction of sp³-hybridized carbons (Fsp3) is 0.462. The first-order chi connectivity index (χ1) is 8.13. The number of benzene rings is 1. The number of hydrogen-bond donors (Lipinski definition) is 1. The van der Waals surface area contributed by atoms with Gasteiger partial charge in [-0.25, -0.2) is 4.39 Å². The summed E-state index contributed by atoms with van der Waals surface area (Å²) in [4.78, 5) is 0. The Kier molecular flexibility index (Phi) is 6.19. The number of rotatable bonds is 7. The summed E-state index contributed by atoms with van der Waals surface area (Å²) in [7, 11) is 0. The van der Waals surface area contributed by atoms with E-state index in [1.54, 1.807) is 0 Å². The number of aryl methyl sites for hydroxylation is 1. The largest absolute Gasteiger partial charge is 0.490 e. The van der Waals surface area contributed by atoms with Crippen molar-refractivity contribution in [2.24, 2.45) is 0 Å². The molecule has 0 aliphatic heterocycles. The molecular weight excluding hydrogens is 285 g/mol. The van der Waals surface area contributed by atoms with Gasteiger partial charge in [0.15, 0.2) is 0 Å². The topological polar surface area (TPSA) is 33.1 Å². The summed E-state index contributed by atoms with van der Waals surface area (Å²) in [5, 5.41) is 7.35. The maximum absolute atomic E-state index is 12.0. The van der Waals surface area contributed by atoms with Crippen molar-refractivity contribution in [2.45, 2.75) is 26.2 Å². The Labute approximate surface area is 110 Å². The molecule has 0 amide bonds. The first-order valence-corrected chi connectivity index (χ1v) is 6.44. The monoisotopic (exact) mass is 301 g/mol. The zero-order valence-electron chi connectivity index (χ0n) is 9.93. The summed E-state index contributed by atoms with van der Waals surface area (Å²) in [6.07, 6.45) is 2.75. The van der Waals surface area contributed by atoms with E-state index in [1.165, 1.54) is 5.56 Å². The minimum atomic E-state index is -0.479. The summed E-state index contributed by atoms with van der Waals surface area (Å²) < 4.78 is 18.1. The van der Waals surface area contributed by atoms with Crippen molar-refractivity contribution in [1.82, 2.24) is 0 Å². The van der Waals surface area contributed by atoms with Gasteiger partial charge >= 0.3 is 0 Å². The van der Waals surface area contributed by atoms with Crippen LogP contribution in [0.1, 0.15) is 25.3 Å². The minimum absolute atomic E-state index is 0.0882. The molecule has 17 heavy (non-hydrogen) atoms. The number of hydrogen-bond acceptors (Lipinski definition) is 2. The average molecular weight is 302 g/mol. The molecular formula is C13H17BrFNO. The lowest BCUT2D eigenvalue weighted by atomic mass is 10.1. The average Bonchev–Trinajstić information content (AvgIpc) is 2.27. The Hall–Kier alpha value is -0.900. The summed E-state index contributed by atoms with van der Waals surface area (Å²) in [5.74, 6) is 0.676. The van der Waals surface area contributed by atoms with Crippen molar-refractivity contribution in [3.63, 3.8) is 0 Å². The molecule has 0 unspecified atom stereocenters. The summed E-state index contributed by atoms with van der Waals surface area (Å²) in [6.45, 7) is 1.43. The van der Waals surface area contributed by atoms with Gasteiger partial charge in [0.2, 0.25) is 0 Å². The highest BCUT2D eigenvalue weighted by Gasteiger charge is 2.03. The Bertz CT molecular complexity index is 382. The van der Waals surface area contributed by atoms with Crippen molar-refractivity contribution < 1.29 is 9.13 Å². The number of ether oxygens (including phenoxy) is 1. The standard InChI is InChI=1S/C13H17BrFNO/c1-10(16)3-2-4-11-5-6-13(12(14)9-11)17-8-7-15/h5-6,9,16H,2-4,7-8H2,1H3. The molecule has 94 valence electrons. The fourth-order valence-corrected chi connectivity index (χ4v) is 2.06. The molecule has 0 atom stereocenters. The lowest BCUT2D eigenvalue weighted by molar-refractivity contribution is 0.272. The molecule has 0 aliphatic rings. The Morgan fingerprint density at radius 2 is 2.24 bits per heavy atom. The SMILES string of the molecule is CC(=N)CCCc1ccc(OCCF)c(Br)c1. The molecule has 1 rings (SSSR count). The zero-order chi connectivity index (χ0) is 12.7. The van der Waals surface area contributed by atoms with E-state index in [4.69, 9.17) is 10.1 Å². The second kappa shape index (κ2) is 7.43. The van der Waals surface area contributed by atoms with Crippen LogP contribution >= 0.6 is 15.9 Å². The van der Waals surface area contributed by atoms with E-state index in [0.29, 0.717) is 11.5 Å². The third-order valence-electron chi connectivity index (χ3n) is 2.35. The summed E-state index contributed by atoms with van der Waals surface area (Å²) in [6, 6.07) is 5.83. The number of nitrogens with one attached hydrogen (secondary N) is 1. The van der Waals surface area contributed by atoms with E-state index in [9.17, 15) is 4.39 Å². The lowest BCUT2D eigenvalue weighted by Crippen LogP contribution is -1.99. The second-order valence-electron chi connectivity index (χ2n) is 3.94. The van der Waals surface area contributed by atoms with E-state index >= 15 is 0 Å². The molecule has 0 aromatic heterocycles. The zero-order valence-corrected chi connectivity index (χ0v) is 11.5. The highest BCUT2D eigenvalue weighted by molar-refractivity contribution is 9.10. The smallest absolute Gasteiger partial charge is 0.133 e. The number of alkyl halides is 1. The van der Waals surface area contributed by atoms with Crippen LogP contribution in [0.3, 0.4) is 0 Å². The molecule has 4 heteroatoms. The molecule has 1 aromatic carbocycles. The van der Waals surface area contributed by atoms with E-state index in [0.717, 1.165) is 23.7 Å². The van der Waals surface area contributed by atoms with Gasteiger partial charge in [-0.15, -0.1) is 0 Å². The Morgan fingerprint density at radius 3 is 2.82 bits per heavy atom. The molecule has 0 bridgehead atoms. The van der Waals surface area contributed by atoms with Crippen LogP contribution in [0.5, 0.6) is 5.75 Å². The number of halogens is 2. The van der Waals surface area contributed by atoms with Crippen LogP contribution in [0.2, 0.25) is 0 Å². The van der Waals surface area contributed by atoms with Gasteiger partial charge in [-0.05, 0) is 59.8 Å². The van der Waals surface area contributed by atoms with Gasteiger partial charge in [0.25, 0.3) is 0 Å². The lowest BCUT2D eigenvalue weighted by Gasteiger charge is -2.08. The predicted molar refractivity (Wildman–Crippen MR) is 72.0 cm³/mol. The molecule has 0 aliphatic carbocycles. The van der Waals surface area contributed by atoms with Crippen molar-refractivity contribution in [3.8, 4) is 5.75 Å². The molecule has 0 radical (unpaired) electrons. The van der Waals surface area contributed by atoms with Gasteiger partial charge in [-0.1, -0.05) is 6.07 Å². The fourth-order valence-electron chi connectivity index (χ4n) is 1.52. The quantitative estimate of drug-likeness (QED) is 0.754. The highest BCUT2D eigenvalue weighted by Crippen LogP contribution is 2.26. The van der Waals surface area contributed by atoms with Crippen LogP contribution in [0.25, 0.3) is 0 Å². The summed E-state index contributed by atoms with van der Waals surface area (Å²) >= 11 is 3.41. The molecule has 2 nitrogen and oxygen atoms in total. The normalized spacial score (nSPS) is 10.3. The van der Waals surface area contributed by atoms with Crippen LogP contribution in [0.4, 0.5) is 4.39 Å². The third kappa shape index (κ3) is 5.31. The molecule has 1 aromatic rings. The predicted octanol–water partition coefficient (Wildman–Crippen LogP) is 4.16. The van der Waals surface area contributed by atoms with E-state index in [-0.39, 0.29) is 6.61 Å². The molecule has 0 heterocycles. The third-order valence-corrected chi connectivity index (χ3v) is 2.97. The van der Waals surface area contributed by atoms with Gasteiger partial charge in [0.05, 0.1) is 4.47 Å². The second-order valence-corrected chi connectivity index (χ2v) is 4.79. The molecule has 0 saturated heterocycles. The van der Waals surface area contributed by atoms with E-state index in [1.807, 2.05) is 25.1 Å². The molecule has 0 saturated carbocycles. The van der Waals surface area contributed by atoms with Crippen molar-refractivity contribution in [2.75, 3.05) is 13.3 Å². The van der Waals surface area contributed by atoms with Gasteiger partial charge in [-0.3, -0.25) is 0 Å². The van der Waals surface area contributed by atoms with Crippen LogP contribution in [-0.4, -0.2) is 19.0 Å². The van der Waals surface area contributed by atoms with Crippen LogP contribution in [-0.2, 0) is 6.42 Å². The first-order valence-electron chi connectivity index (χ1n) is 5.64. The Morgan fingerprint density at radius 1 is 1.47 bits per heavy atom. The van der Waals surface area contributed by atoms with E-state index in [2.05, 4.69) is 15.9 Å². The maximum atomic E-state index is 12.0. The molecule has 0 fully saturated rings. The van der Waals surface area contributed by atoms with Crippen molar-refractivity contribution in [1.29, 1.82) is 5.41 Å². The molecule has 0 spiro atoms. The van der Waals surface area contributed by atoms with Crippen LogP contribution in [0, 0.1) is 5.41 Å². The van der Waals surface area contributed by atoms with Gasteiger partial charge < -0.3 is 10.1 Å².